The van der Waals surface area contributed by atoms with Crippen molar-refractivity contribution < 1.29 is 9.90 Å². The fraction of sp³-hybridized carbons (Fsp3) is 0.615. The number of piperazine rings is 1. The zero-order valence-corrected chi connectivity index (χ0v) is 11.4. The zero-order chi connectivity index (χ0) is 13.8. The van der Waals surface area contributed by atoms with Crippen molar-refractivity contribution in [2.45, 2.75) is 19.8 Å². The summed E-state index contributed by atoms with van der Waals surface area (Å²) in [5.41, 5.74) is 1.04. The van der Waals surface area contributed by atoms with Crippen molar-refractivity contribution >= 4 is 11.8 Å². The molecule has 0 atom stereocenters. The lowest BCUT2D eigenvalue weighted by atomic mass is 10.1. The number of carboxylic acids is 1. The predicted molar refractivity (Wildman–Crippen MR) is 72.4 cm³/mol. The second kappa shape index (κ2) is 5.97. The average Bonchev–Trinajstić information content (AvgIpc) is 2.39. The van der Waals surface area contributed by atoms with Gasteiger partial charge in [0.15, 0.2) is 0 Å². The van der Waals surface area contributed by atoms with Crippen LogP contribution in [0.3, 0.4) is 0 Å². The Balaban J connectivity index is 1.97. The molecule has 0 amide bonds. The quantitative estimate of drug-likeness (QED) is 0.867. The van der Waals surface area contributed by atoms with E-state index in [1.165, 1.54) is 0 Å². The number of rotatable bonds is 4. The lowest BCUT2D eigenvalue weighted by molar-refractivity contribution is -0.138. The molecule has 2 heterocycles. The van der Waals surface area contributed by atoms with Gasteiger partial charge < -0.3 is 10.0 Å². The van der Waals surface area contributed by atoms with Crippen LogP contribution in [0.4, 0.5) is 5.82 Å². The number of aromatic nitrogens is 2. The van der Waals surface area contributed by atoms with Crippen molar-refractivity contribution in [1.29, 1.82) is 0 Å². The highest BCUT2D eigenvalue weighted by Gasteiger charge is 2.20. The Morgan fingerprint density at radius 3 is 2.58 bits per heavy atom. The minimum absolute atomic E-state index is 0.120. The summed E-state index contributed by atoms with van der Waals surface area (Å²) in [4.78, 5) is 23.4. The third kappa shape index (κ3) is 3.64. The molecule has 0 aromatic carbocycles. The molecular weight excluding hydrogens is 244 g/mol. The van der Waals surface area contributed by atoms with Gasteiger partial charge in [0.1, 0.15) is 12.1 Å². The molecule has 6 heteroatoms. The van der Waals surface area contributed by atoms with Gasteiger partial charge in [-0.3, -0.25) is 9.69 Å². The van der Waals surface area contributed by atoms with E-state index in [-0.39, 0.29) is 6.54 Å². The maximum absolute atomic E-state index is 10.7. The highest BCUT2D eigenvalue weighted by molar-refractivity contribution is 5.69. The molecule has 6 nitrogen and oxygen atoms in total. The number of hydrogen-bond donors (Lipinski definition) is 1. The summed E-state index contributed by atoms with van der Waals surface area (Å²) in [5, 5.41) is 8.77. The van der Waals surface area contributed by atoms with E-state index in [0.717, 1.165) is 37.7 Å². The van der Waals surface area contributed by atoms with Gasteiger partial charge in [-0.05, 0) is 5.92 Å². The summed E-state index contributed by atoms with van der Waals surface area (Å²) in [6.45, 7) is 7.47. The third-order valence-electron chi connectivity index (χ3n) is 3.32. The molecule has 0 spiro atoms. The van der Waals surface area contributed by atoms with Crippen LogP contribution < -0.4 is 4.90 Å². The Bertz CT molecular complexity index is 442. The number of carbonyl (C=O) groups is 1. The van der Waals surface area contributed by atoms with E-state index in [1.54, 1.807) is 6.33 Å². The summed E-state index contributed by atoms with van der Waals surface area (Å²) < 4.78 is 0. The van der Waals surface area contributed by atoms with Crippen LogP contribution >= 0.6 is 0 Å². The van der Waals surface area contributed by atoms with Crippen LogP contribution in [-0.2, 0) is 4.79 Å². The normalized spacial score (nSPS) is 16.9. The minimum atomic E-state index is -0.766. The highest BCUT2D eigenvalue weighted by atomic mass is 16.4. The topological polar surface area (TPSA) is 69.6 Å². The van der Waals surface area contributed by atoms with Gasteiger partial charge in [-0.15, -0.1) is 0 Å². The van der Waals surface area contributed by atoms with Crippen molar-refractivity contribution in [2.75, 3.05) is 37.6 Å². The number of aliphatic carboxylic acids is 1. The maximum atomic E-state index is 10.7. The molecule has 1 fully saturated rings. The second-order valence-corrected chi connectivity index (χ2v) is 5.11. The van der Waals surface area contributed by atoms with Crippen LogP contribution in [0.15, 0.2) is 12.4 Å². The van der Waals surface area contributed by atoms with E-state index in [4.69, 9.17) is 5.11 Å². The zero-order valence-electron chi connectivity index (χ0n) is 11.4. The van der Waals surface area contributed by atoms with Crippen molar-refractivity contribution in [2.24, 2.45) is 0 Å². The van der Waals surface area contributed by atoms with Gasteiger partial charge in [-0.1, -0.05) is 13.8 Å². The number of nitrogens with zero attached hydrogens (tertiary/aromatic N) is 4. The monoisotopic (exact) mass is 264 g/mol. The molecule has 1 aliphatic rings. The van der Waals surface area contributed by atoms with E-state index in [0.29, 0.717) is 5.92 Å². The first-order valence-electron chi connectivity index (χ1n) is 6.57. The van der Waals surface area contributed by atoms with Gasteiger partial charge in [0.2, 0.25) is 0 Å². The van der Waals surface area contributed by atoms with Crippen molar-refractivity contribution in [3.63, 3.8) is 0 Å². The first kappa shape index (κ1) is 13.7. The Kier molecular flexibility index (Phi) is 4.31. The molecular formula is C13H20N4O2. The summed E-state index contributed by atoms with van der Waals surface area (Å²) >= 11 is 0. The molecule has 0 bridgehead atoms. The second-order valence-electron chi connectivity index (χ2n) is 5.11. The molecule has 0 aliphatic carbocycles. The van der Waals surface area contributed by atoms with Gasteiger partial charge in [-0.25, -0.2) is 9.97 Å². The Morgan fingerprint density at radius 2 is 2.00 bits per heavy atom. The molecule has 2 rings (SSSR count). The molecule has 0 radical (unpaired) electrons. The standard InChI is InChI=1S/C13H20N4O2/c1-10(2)11-7-12(15-9-14-11)17-5-3-16(4-6-17)8-13(18)19/h7,9-10H,3-6,8H2,1-2H3,(H,18,19). The molecule has 0 saturated carbocycles. The van der Waals surface area contributed by atoms with Crippen LogP contribution in [0.25, 0.3) is 0 Å². The average molecular weight is 264 g/mol. The smallest absolute Gasteiger partial charge is 0.317 e. The van der Waals surface area contributed by atoms with Crippen molar-refractivity contribution in [3.8, 4) is 0 Å². The third-order valence-corrected chi connectivity index (χ3v) is 3.32. The molecule has 1 aromatic heterocycles. The van der Waals surface area contributed by atoms with E-state index in [1.807, 2.05) is 11.0 Å². The lowest BCUT2D eigenvalue weighted by Crippen LogP contribution is -2.48. The van der Waals surface area contributed by atoms with Crippen LogP contribution in [0.2, 0.25) is 0 Å². The molecule has 0 unspecified atom stereocenters. The minimum Gasteiger partial charge on any atom is -0.480 e. The molecule has 1 N–H and O–H groups in total. The summed E-state index contributed by atoms with van der Waals surface area (Å²) in [5.74, 6) is 0.557. The molecule has 19 heavy (non-hydrogen) atoms. The van der Waals surface area contributed by atoms with E-state index < -0.39 is 5.97 Å². The summed E-state index contributed by atoms with van der Waals surface area (Å²) in [6, 6.07) is 2.03. The molecule has 1 saturated heterocycles. The summed E-state index contributed by atoms with van der Waals surface area (Å²) in [6.07, 6.45) is 1.61. The molecule has 104 valence electrons. The van der Waals surface area contributed by atoms with Crippen LogP contribution in [0.1, 0.15) is 25.5 Å². The number of hydrogen-bond acceptors (Lipinski definition) is 5. The fourth-order valence-electron chi connectivity index (χ4n) is 2.18. The fourth-order valence-corrected chi connectivity index (χ4v) is 2.18. The SMILES string of the molecule is CC(C)c1cc(N2CCN(CC(=O)O)CC2)ncn1. The first-order chi connectivity index (χ1) is 9.06. The van der Waals surface area contributed by atoms with Crippen molar-refractivity contribution in [3.05, 3.63) is 18.1 Å². The van der Waals surface area contributed by atoms with Crippen LogP contribution in [0.5, 0.6) is 0 Å². The number of carboxylic acid groups (broad SMARTS) is 1. The van der Waals surface area contributed by atoms with Gasteiger partial charge >= 0.3 is 5.97 Å². The van der Waals surface area contributed by atoms with E-state index in [9.17, 15) is 4.79 Å². The van der Waals surface area contributed by atoms with Gasteiger partial charge in [0.05, 0.1) is 6.54 Å². The van der Waals surface area contributed by atoms with Gasteiger partial charge in [0.25, 0.3) is 0 Å². The van der Waals surface area contributed by atoms with Crippen LogP contribution in [0, 0.1) is 0 Å². The highest BCUT2D eigenvalue weighted by Crippen LogP contribution is 2.18. The maximum Gasteiger partial charge on any atom is 0.317 e. The predicted octanol–water partition coefficient (Wildman–Crippen LogP) is 0.807. The Labute approximate surface area is 113 Å². The largest absolute Gasteiger partial charge is 0.480 e. The lowest BCUT2D eigenvalue weighted by Gasteiger charge is -2.34. The van der Waals surface area contributed by atoms with Crippen LogP contribution in [-0.4, -0.2) is 58.7 Å². The Morgan fingerprint density at radius 1 is 1.32 bits per heavy atom. The van der Waals surface area contributed by atoms with E-state index >= 15 is 0 Å². The van der Waals surface area contributed by atoms with Gasteiger partial charge in [0, 0.05) is 37.9 Å². The molecule has 1 aromatic rings. The van der Waals surface area contributed by atoms with Gasteiger partial charge in [-0.2, -0.15) is 0 Å². The summed E-state index contributed by atoms with van der Waals surface area (Å²) in [7, 11) is 0. The van der Waals surface area contributed by atoms with Crippen molar-refractivity contribution in [1.82, 2.24) is 14.9 Å². The Hall–Kier alpha value is -1.69. The van der Waals surface area contributed by atoms with E-state index in [2.05, 4.69) is 28.7 Å². The molecule has 1 aliphatic heterocycles. The number of anilines is 1. The first-order valence-corrected chi connectivity index (χ1v) is 6.57.